The molecule has 1 aromatic carbocycles. The number of carbonyl (C=O) groups excluding carboxylic acids is 1. The number of benzene rings is 1. The van der Waals surface area contributed by atoms with Gasteiger partial charge in [-0.1, -0.05) is 37.0 Å². The van der Waals surface area contributed by atoms with Gasteiger partial charge >= 0.3 is 6.03 Å². The molecule has 2 atom stereocenters. The number of aryl methyl sites for hydroxylation is 1. The van der Waals surface area contributed by atoms with Gasteiger partial charge < -0.3 is 10.3 Å². The molecule has 1 aromatic heterocycles. The first-order valence-corrected chi connectivity index (χ1v) is 9.45. The number of hydrogen-bond acceptors (Lipinski definition) is 2. The summed E-state index contributed by atoms with van der Waals surface area (Å²) >= 11 is 12.4. The Bertz CT molecular complexity index is 824. The number of hydrogen-bond donors (Lipinski definition) is 3. The van der Waals surface area contributed by atoms with Gasteiger partial charge in [0.1, 0.15) is 0 Å². The zero-order chi connectivity index (χ0) is 19.2. The Labute approximate surface area is 163 Å². The number of aromatic amines is 1. The SMILES string of the molecule is Cc1[nH]c(NC(=O)NC(C)C)nc1[C@@H]1[C@@H](c2cc(Cl)cc(Cl)c2)C1(C)C. The molecule has 3 rings (SSSR count). The summed E-state index contributed by atoms with van der Waals surface area (Å²) in [4.78, 5) is 19.7. The van der Waals surface area contributed by atoms with Gasteiger partial charge in [-0.05, 0) is 55.9 Å². The van der Waals surface area contributed by atoms with Crippen molar-refractivity contribution in [2.24, 2.45) is 5.41 Å². The maximum absolute atomic E-state index is 11.9. The van der Waals surface area contributed by atoms with Crippen LogP contribution in [0.25, 0.3) is 0 Å². The van der Waals surface area contributed by atoms with Crippen molar-refractivity contribution in [1.29, 1.82) is 0 Å². The Balaban J connectivity index is 1.84. The maximum atomic E-state index is 11.9. The highest BCUT2D eigenvalue weighted by Crippen LogP contribution is 2.70. The van der Waals surface area contributed by atoms with Gasteiger partial charge in [0.25, 0.3) is 0 Å². The zero-order valence-electron chi connectivity index (χ0n) is 15.6. The number of urea groups is 1. The molecule has 2 aromatic rings. The van der Waals surface area contributed by atoms with E-state index in [0.29, 0.717) is 16.0 Å². The first kappa shape index (κ1) is 19.1. The molecular weight excluding hydrogens is 371 g/mol. The lowest BCUT2D eigenvalue weighted by molar-refractivity contribution is 0.250. The van der Waals surface area contributed by atoms with E-state index in [-0.39, 0.29) is 29.3 Å². The third-order valence-corrected chi connectivity index (χ3v) is 5.38. The van der Waals surface area contributed by atoms with Gasteiger partial charge in [-0.3, -0.25) is 5.32 Å². The summed E-state index contributed by atoms with van der Waals surface area (Å²) < 4.78 is 0. The normalized spacial score (nSPS) is 20.9. The standard InChI is InChI=1S/C19H24Cl2N4O/c1-9(2)22-18(26)25-17-23-10(3)16(24-17)15-14(19(15,4)5)11-6-12(20)8-13(21)7-11/h6-9,14-15H,1-5H3,(H3,22,23,24,25,26)/t14-,15+/m1/s1. The number of nitrogens with one attached hydrogen (secondary N) is 3. The van der Waals surface area contributed by atoms with E-state index in [1.54, 1.807) is 6.07 Å². The second kappa shape index (κ2) is 6.78. The molecule has 0 unspecified atom stereocenters. The van der Waals surface area contributed by atoms with E-state index in [4.69, 9.17) is 23.2 Å². The minimum absolute atomic E-state index is 0.0332. The number of halogens is 2. The molecule has 1 fully saturated rings. The smallest absolute Gasteiger partial charge is 0.321 e. The van der Waals surface area contributed by atoms with Crippen molar-refractivity contribution >= 4 is 35.2 Å². The van der Waals surface area contributed by atoms with E-state index < -0.39 is 0 Å². The predicted octanol–water partition coefficient (Wildman–Crippen LogP) is 5.46. The quantitative estimate of drug-likeness (QED) is 0.643. The molecule has 1 saturated carbocycles. The topological polar surface area (TPSA) is 69.8 Å². The molecule has 5 nitrogen and oxygen atoms in total. The van der Waals surface area contributed by atoms with E-state index in [9.17, 15) is 4.79 Å². The first-order chi connectivity index (χ1) is 12.1. The van der Waals surface area contributed by atoms with Crippen molar-refractivity contribution in [2.45, 2.75) is 52.5 Å². The van der Waals surface area contributed by atoms with Crippen molar-refractivity contribution in [1.82, 2.24) is 15.3 Å². The average molecular weight is 395 g/mol. The highest BCUT2D eigenvalue weighted by atomic mass is 35.5. The first-order valence-electron chi connectivity index (χ1n) is 8.69. The van der Waals surface area contributed by atoms with Crippen molar-refractivity contribution in [2.75, 3.05) is 5.32 Å². The van der Waals surface area contributed by atoms with Crippen LogP contribution in [0.1, 0.15) is 56.5 Å². The molecule has 3 N–H and O–H groups in total. The molecule has 0 spiro atoms. The number of anilines is 1. The van der Waals surface area contributed by atoms with Gasteiger partial charge in [-0.25, -0.2) is 9.78 Å². The van der Waals surface area contributed by atoms with Gasteiger partial charge in [0.15, 0.2) is 0 Å². The van der Waals surface area contributed by atoms with Gasteiger partial charge in [-0.15, -0.1) is 0 Å². The summed E-state index contributed by atoms with van der Waals surface area (Å²) in [6, 6.07) is 5.47. The molecule has 2 amide bonds. The fourth-order valence-electron chi connectivity index (χ4n) is 3.77. The summed E-state index contributed by atoms with van der Waals surface area (Å²) in [5, 5.41) is 6.83. The second-order valence-electron chi connectivity index (χ2n) is 7.83. The van der Waals surface area contributed by atoms with Crippen LogP contribution in [0.3, 0.4) is 0 Å². The molecule has 0 saturated heterocycles. The number of carbonyl (C=O) groups is 1. The van der Waals surface area contributed by atoms with Crippen molar-refractivity contribution < 1.29 is 4.79 Å². The van der Waals surface area contributed by atoms with Crippen LogP contribution in [0.15, 0.2) is 18.2 Å². The molecule has 140 valence electrons. The minimum Gasteiger partial charge on any atom is -0.336 e. The highest BCUT2D eigenvalue weighted by Gasteiger charge is 2.60. The zero-order valence-corrected chi connectivity index (χ0v) is 17.1. The lowest BCUT2D eigenvalue weighted by Gasteiger charge is -2.07. The molecule has 1 heterocycles. The van der Waals surface area contributed by atoms with Crippen LogP contribution in [0.2, 0.25) is 10.0 Å². The van der Waals surface area contributed by atoms with Crippen LogP contribution < -0.4 is 10.6 Å². The summed E-state index contributed by atoms with van der Waals surface area (Å²) in [7, 11) is 0. The molecule has 7 heteroatoms. The lowest BCUT2D eigenvalue weighted by Crippen LogP contribution is -2.34. The highest BCUT2D eigenvalue weighted by molar-refractivity contribution is 6.34. The number of rotatable bonds is 4. The number of amides is 2. The Morgan fingerprint density at radius 3 is 2.38 bits per heavy atom. The van der Waals surface area contributed by atoms with E-state index in [0.717, 1.165) is 17.0 Å². The summed E-state index contributed by atoms with van der Waals surface area (Å²) in [6.07, 6.45) is 0. The largest absolute Gasteiger partial charge is 0.336 e. The van der Waals surface area contributed by atoms with Crippen LogP contribution in [-0.4, -0.2) is 22.0 Å². The third-order valence-electron chi connectivity index (χ3n) is 4.94. The van der Waals surface area contributed by atoms with Crippen LogP contribution in [0.5, 0.6) is 0 Å². The third kappa shape index (κ3) is 3.69. The van der Waals surface area contributed by atoms with Crippen molar-refractivity contribution in [3.05, 3.63) is 45.2 Å². The van der Waals surface area contributed by atoms with Crippen LogP contribution in [-0.2, 0) is 0 Å². The van der Waals surface area contributed by atoms with E-state index in [1.165, 1.54) is 0 Å². The molecule has 1 aliphatic carbocycles. The molecule has 0 bridgehead atoms. The Morgan fingerprint density at radius 2 is 1.81 bits per heavy atom. The molecule has 1 aliphatic rings. The molecular formula is C19H24Cl2N4O. The molecule has 0 radical (unpaired) electrons. The maximum Gasteiger partial charge on any atom is 0.321 e. The van der Waals surface area contributed by atoms with E-state index in [2.05, 4.69) is 34.4 Å². The Kier molecular flexibility index (Phi) is 4.97. The fraction of sp³-hybridized carbons (Fsp3) is 0.474. The van der Waals surface area contributed by atoms with Crippen LogP contribution in [0, 0.1) is 12.3 Å². The van der Waals surface area contributed by atoms with E-state index in [1.807, 2.05) is 32.9 Å². The Morgan fingerprint density at radius 1 is 1.19 bits per heavy atom. The fourth-order valence-corrected chi connectivity index (χ4v) is 4.31. The van der Waals surface area contributed by atoms with Gasteiger partial charge in [0.05, 0.1) is 5.69 Å². The molecule has 26 heavy (non-hydrogen) atoms. The monoisotopic (exact) mass is 394 g/mol. The number of H-pyrrole nitrogens is 1. The number of nitrogens with zero attached hydrogens (tertiary/aromatic N) is 1. The average Bonchev–Trinajstić information content (AvgIpc) is 2.85. The van der Waals surface area contributed by atoms with Crippen molar-refractivity contribution in [3.63, 3.8) is 0 Å². The summed E-state index contributed by atoms with van der Waals surface area (Å²) in [6.45, 7) is 10.2. The number of imidazole rings is 1. The van der Waals surface area contributed by atoms with Gasteiger partial charge in [0.2, 0.25) is 5.95 Å². The van der Waals surface area contributed by atoms with E-state index >= 15 is 0 Å². The summed E-state index contributed by atoms with van der Waals surface area (Å²) in [5.41, 5.74) is 3.08. The minimum atomic E-state index is -0.270. The van der Waals surface area contributed by atoms with Gasteiger partial charge in [-0.2, -0.15) is 0 Å². The van der Waals surface area contributed by atoms with Crippen LogP contribution >= 0.6 is 23.2 Å². The van der Waals surface area contributed by atoms with Crippen molar-refractivity contribution in [3.8, 4) is 0 Å². The van der Waals surface area contributed by atoms with Gasteiger partial charge in [0, 0.05) is 27.7 Å². The molecule has 0 aliphatic heterocycles. The second-order valence-corrected chi connectivity index (χ2v) is 8.70. The predicted molar refractivity (Wildman–Crippen MR) is 106 cm³/mol. The Hall–Kier alpha value is -1.72. The van der Waals surface area contributed by atoms with Crippen LogP contribution in [0.4, 0.5) is 10.7 Å². The number of aromatic nitrogens is 2. The summed E-state index contributed by atoms with van der Waals surface area (Å²) in [5.74, 6) is 0.969. The lowest BCUT2D eigenvalue weighted by atomic mass is 10.0.